The Labute approximate surface area is 111 Å². The smallest absolute Gasteiger partial charge is 0.312 e. The number of carboxylic acids is 1. The third-order valence-electron chi connectivity index (χ3n) is 3.52. The number of ether oxygens (including phenoxy) is 1. The van der Waals surface area contributed by atoms with Crippen molar-refractivity contribution in [1.29, 1.82) is 0 Å². The molecule has 0 amide bonds. The van der Waals surface area contributed by atoms with Crippen LogP contribution >= 0.6 is 0 Å². The average Bonchev–Trinajstić information content (AvgIpc) is 2.88. The molecule has 1 atom stereocenters. The van der Waals surface area contributed by atoms with Gasteiger partial charge in [-0.15, -0.1) is 0 Å². The number of hydrogen-bond donors (Lipinski definition) is 1. The van der Waals surface area contributed by atoms with E-state index in [9.17, 15) is 14.3 Å². The highest BCUT2D eigenvalue weighted by Gasteiger charge is 2.25. The summed E-state index contributed by atoms with van der Waals surface area (Å²) in [6.07, 6.45) is 2.20. The van der Waals surface area contributed by atoms with Crippen molar-refractivity contribution in [2.24, 2.45) is 0 Å². The zero-order valence-corrected chi connectivity index (χ0v) is 10.9. The zero-order valence-electron chi connectivity index (χ0n) is 10.9. The summed E-state index contributed by atoms with van der Waals surface area (Å²) in [7, 11) is 1.39. The Morgan fingerprint density at radius 3 is 2.68 bits per heavy atom. The van der Waals surface area contributed by atoms with Crippen LogP contribution in [0.4, 0.5) is 4.39 Å². The normalized spacial score (nSPS) is 17.4. The zero-order chi connectivity index (χ0) is 13.8. The Bertz CT molecular complexity index is 458. The molecule has 2 rings (SSSR count). The molecule has 0 radical (unpaired) electrons. The molecule has 0 aromatic heterocycles. The highest BCUT2D eigenvalue weighted by atomic mass is 19.1. The second-order valence-corrected chi connectivity index (χ2v) is 4.79. The van der Waals surface area contributed by atoms with Gasteiger partial charge in [-0.1, -0.05) is 6.07 Å². The maximum absolute atomic E-state index is 13.7. The van der Waals surface area contributed by atoms with E-state index in [1.165, 1.54) is 19.2 Å². The van der Waals surface area contributed by atoms with E-state index in [0.29, 0.717) is 12.1 Å². The molecular weight excluding hydrogens is 249 g/mol. The van der Waals surface area contributed by atoms with Crippen LogP contribution in [-0.4, -0.2) is 42.7 Å². The molecule has 1 aliphatic heterocycles. The number of hydrogen-bond acceptors (Lipinski definition) is 3. The summed E-state index contributed by atoms with van der Waals surface area (Å²) >= 11 is 0. The van der Waals surface area contributed by atoms with Gasteiger partial charge < -0.3 is 14.7 Å². The lowest BCUT2D eigenvalue weighted by molar-refractivity contribution is -0.139. The van der Waals surface area contributed by atoms with E-state index >= 15 is 0 Å². The Balaban J connectivity index is 2.18. The van der Waals surface area contributed by atoms with Gasteiger partial charge in [-0.3, -0.25) is 4.79 Å². The van der Waals surface area contributed by atoms with Crippen LogP contribution in [0, 0.1) is 5.82 Å². The Morgan fingerprint density at radius 2 is 2.16 bits per heavy atom. The summed E-state index contributed by atoms with van der Waals surface area (Å²) in [6.45, 7) is 2.27. The van der Waals surface area contributed by atoms with Crippen LogP contribution < -0.4 is 4.74 Å². The van der Waals surface area contributed by atoms with E-state index in [-0.39, 0.29) is 5.75 Å². The van der Waals surface area contributed by atoms with E-state index in [2.05, 4.69) is 4.90 Å². The topological polar surface area (TPSA) is 49.8 Å². The molecule has 104 valence electrons. The summed E-state index contributed by atoms with van der Waals surface area (Å²) < 4.78 is 18.5. The maximum Gasteiger partial charge on any atom is 0.312 e. The predicted octanol–water partition coefficient (Wildman–Crippen LogP) is 2.10. The molecule has 1 fully saturated rings. The molecule has 4 nitrogen and oxygen atoms in total. The molecule has 1 saturated heterocycles. The van der Waals surface area contributed by atoms with Gasteiger partial charge in [0.25, 0.3) is 0 Å². The Morgan fingerprint density at radius 1 is 1.47 bits per heavy atom. The van der Waals surface area contributed by atoms with Gasteiger partial charge in [0.15, 0.2) is 11.6 Å². The minimum atomic E-state index is -0.920. The van der Waals surface area contributed by atoms with Crippen molar-refractivity contribution in [2.45, 2.75) is 18.8 Å². The van der Waals surface area contributed by atoms with Crippen LogP contribution in [0.1, 0.15) is 24.3 Å². The number of carbonyl (C=O) groups is 1. The van der Waals surface area contributed by atoms with Gasteiger partial charge in [-0.25, -0.2) is 4.39 Å². The van der Waals surface area contributed by atoms with Crippen molar-refractivity contribution in [3.63, 3.8) is 0 Å². The van der Waals surface area contributed by atoms with Crippen molar-refractivity contribution in [3.8, 4) is 5.75 Å². The Hall–Kier alpha value is -1.62. The van der Waals surface area contributed by atoms with Gasteiger partial charge >= 0.3 is 5.97 Å². The van der Waals surface area contributed by atoms with Gasteiger partial charge in [-0.05, 0) is 43.6 Å². The molecule has 1 heterocycles. The number of methoxy groups -OCH3 is 1. The summed E-state index contributed by atoms with van der Waals surface area (Å²) in [6, 6.07) is 4.36. The number of carboxylic acid groups (broad SMARTS) is 1. The molecular formula is C14H18FNO3. The molecule has 1 aliphatic rings. The molecule has 5 heteroatoms. The third-order valence-corrected chi connectivity index (χ3v) is 3.52. The highest BCUT2D eigenvalue weighted by molar-refractivity contribution is 5.76. The minimum Gasteiger partial charge on any atom is -0.494 e. The fraction of sp³-hybridized carbons (Fsp3) is 0.500. The average molecular weight is 267 g/mol. The van der Waals surface area contributed by atoms with E-state index in [1.54, 1.807) is 6.07 Å². The SMILES string of the molecule is COc1ccc(C(CN2CCCC2)C(=O)O)cc1F. The molecule has 1 aromatic rings. The van der Waals surface area contributed by atoms with E-state index in [1.807, 2.05) is 0 Å². The van der Waals surface area contributed by atoms with E-state index in [4.69, 9.17) is 4.74 Å². The predicted molar refractivity (Wildman–Crippen MR) is 69.0 cm³/mol. The first-order valence-electron chi connectivity index (χ1n) is 6.40. The highest BCUT2D eigenvalue weighted by Crippen LogP contribution is 2.25. The van der Waals surface area contributed by atoms with Gasteiger partial charge in [0.2, 0.25) is 0 Å². The van der Waals surface area contributed by atoms with Crippen molar-refractivity contribution < 1.29 is 19.0 Å². The quantitative estimate of drug-likeness (QED) is 0.887. The van der Waals surface area contributed by atoms with Crippen LogP contribution in [0.5, 0.6) is 5.75 Å². The lowest BCUT2D eigenvalue weighted by Crippen LogP contribution is -2.29. The number of halogens is 1. The van der Waals surface area contributed by atoms with E-state index < -0.39 is 17.7 Å². The Kier molecular flexibility index (Phi) is 4.37. The number of benzene rings is 1. The van der Waals surface area contributed by atoms with Crippen molar-refractivity contribution in [1.82, 2.24) is 4.90 Å². The third kappa shape index (κ3) is 3.23. The maximum atomic E-state index is 13.7. The molecule has 1 aromatic carbocycles. The van der Waals surface area contributed by atoms with Gasteiger partial charge in [-0.2, -0.15) is 0 Å². The number of aliphatic carboxylic acids is 1. The van der Waals surface area contributed by atoms with Crippen molar-refractivity contribution >= 4 is 5.97 Å². The second kappa shape index (κ2) is 6.02. The molecule has 0 bridgehead atoms. The van der Waals surface area contributed by atoms with Crippen molar-refractivity contribution in [3.05, 3.63) is 29.6 Å². The lowest BCUT2D eigenvalue weighted by atomic mass is 9.98. The molecule has 0 aliphatic carbocycles. The molecule has 0 saturated carbocycles. The first-order chi connectivity index (χ1) is 9.11. The fourth-order valence-electron chi connectivity index (χ4n) is 2.45. The van der Waals surface area contributed by atoms with Crippen molar-refractivity contribution in [2.75, 3.05) is 26.7 Å². The van der Waals surface area contributed by atoms with Crippen LogP contribution in [0.2, 0.25) is 0 Å². The largest absolute Gasteiger partial charge is 0.494 e. The minimum absolute atomic E-state index is 0.133. The van der Waals surface area contributed by atoms with Crippen LogP contribution in [0.25, 0.3) is 0 Å². The summed E-state index contributed by atoms with van der Waals surface area (Å²) in [5, 5.41) is 9.32. The fourth-order valence-corrected chi connectivity index (χ4v) is 2.45. The van der Waals surface area contributed by atoms with Gasteiger partial charge in [0, 0.05) is 6.54 Å². The summed E-state index contributed by atoms with van der Waals surface area (Å²) in [4.78, 5) is 13.5. The molecule has 0 spiro atoms. The van der Waals surface area contributed by atoms with Gasteiger partial charge in [0.05, 0.1) is 13.0 Å². The second-order valence-electron chi connectivity index (χ2n) is 4.79. The lowest BCUT2D eigenvalue weighted by Gasteiger charge is -2.21. The first-order valence-corrected chi connectivity index (χ1v) is 6.40. The summed E-state index contributed by atoms with van der Waals surface area (Å²) in [5.74, 6) is -2.00. The monoisotopic (exact) mass is 267 g/mol. The standard InChI is InChI=1S/C14H18FNO3/c1-19-13-5-4-10(8-12(13)15)11(14(17)18)9-16-6-2-3-7-16/h4-5,8,11H,2-3,6-7,9H2,1H3,(H,17,18). The van der Waals surface area contributed by atoms with Crippen LogP contribution in [-0.2, 0) is 4.79 Å². The molecule has 1 unspecified atom stereocenters. The van der Waals surface area contributed by atoms with Crippen LogP contribution in [0.3, 0.4) is 0 Å². The number of nitrogens with zero attached hydrogens (tertiary/aromatic N) is 1. The molecule has 1 N–H and O–H groups in total. The number of likely N-dealkylation sites (tertiary alicyclic amines) is 1. The van der Waals surface area contributed by atoms with Crippen LogP contribution in [0.15, 0.2) is 18.2 Å². The number of rotatable bonds is 5. The van der Waals surface area contributed by atoms with Gasteiger partial charge in [0.1, 0.15) is 0 Å². The first kappa shape index (κ1) is 13.8. The summed E-state index contributed by atoms with van der Waals surface area (Å²) in [5.41, 5.74) is 0.484. The van der Waals surface area contributed by atoms with E-state index in [0.717, 1.165) is 25.9 Å². The molecule has 19 heavy (non-hydrogen) atoms.